The van der Waals surface area contributed by atoms with Crippen LogP contribution in [0, 0.1) is 0 Å². The molecule has 0 bridgehead atoms. The minimum Gasteiger partial charge on any atom is -0.404 e. The van der Waals surface area contributed by atoms with E-state index in [0.717, 1.165) is 10.8 Å². The van der Waals surface area contributed by atoms with Gasteiger partial charge in [0.05, 0.1) is 29.6 Å². The van der Waals surface area contributed by atoms with Gasteiger partial charge in [-0.1, -0.05) is 66.7 Å². The second kappa shape index (κ2) is 9.75. The number of para-hydroxylation sites is 4. The van der Waals surface area contributed by atoms with Crippen LogP contribution in [0.4, 0.5) is 43.4 Å². The highest BCUT2D eigenvalue weighted by Crippen LogP contribution is 2.48. The monoisotopic (exact) mass is 532 g/mol. The van der Waals surface area contributed by atoms with Crippen LogP contribution in [0.5, 0.6) is 5.75 Å². The van der Waals surface area contributed by atoms with E-state index >= 15 is 0 Å². The number of halogens is 6. The van der Waals surface area contributed by atoms with Gasteiger partial charge in [0.2, 0.25) is 0 Å². The van der Waals surface area contributed by atoms with E-state index in [2.05, 4.69) is 4.74 Å². The zero-order valence-electron chi connectivity index (χ0n) is 19.7. The molecule has 38 heavy (non-hydrogen) atoms. The lowest BCUT2D eigenvalue weighted by atomic mass is 9.93. The quantitative estimate of drug-likeness (QED) is 0.273. The van der Waals surface area contributed by atoms with E-state index < -0.39 is 37.0 Å². The fourth-order valence-electron chi connectivity index (χ4n) is 4.91. The predicted molar refractivity (Wildman–Crippen MR) is 133 cm³/mol. The Kier molecular flexibility index (Phi) is 6.60. The summed E-state index contributed by atoms with van der Waals surface area (Å²) >= 11 is 0. The number of ether oxygens (including phenoxy) is 1. The zero-order valence-corrected chi connectivity index (χ0v) is 19.7. The average Bonchev–Trinajstić information content (AvgIpc) is 2.87. The van der Waals surface area contributed by atoms with Crippen LogP contribution < -0.4 is 14.5 Å². The fourth-order valence-corrected chi connectivity index (χ4v) is 4.91. The minimum absolute atomic E-state index is 0.00612. The Bertz CT molecular complexity index is 1430. The lowest BCUT2D eigenvalue weighted by Gasteiger charge is -2.46. The minimum atomic E-state index is -4.94. The molecule has 1 aliphatic rings. The number of aliphatic hydroxyl groups excluding tert-OH is 1. The fraction of sp³-hybridized carbons (Fsp3) is 0.214. The van der Waals surface area contributed by atoms with Crippen LogP contribution in [0.15, 0.2) is 91.0 Å². The number of β-amino-alcohol motifs (C(OH)–C–C–N with tert-alkyl or cyclic N) is 1. The lowest BCUT2D eigenvalue weighted by Crippen LogP contribution is -2.48. The summed E-state index contributed by atoms with van der Waals surface area (Å²) in [7, 11) is 0. The van der Waals surface area contributed by atoms with Crippen LogP contribution in [0.1, 0.15) is 11.6 Å². The number of fused-ring (bicyclic) bond motifs is 2. The third kappa shape index (κ3) is 5.08. The molecule has 0 fully saturated rings. The van der Waals surface area contributed by atoms with Gasteiger partial charge < -0.3 is 19.6 Å². The van der Waals surface area contributed by atoms with E-state index in [4.69, 9.17) is 0 Å². The van der Waals surface area contributed by atoms with Crippen LogP contribution in [0.25, 0.3) is 10.8 Å². The van der Waals surface area contributed by atoms with E-state index in [1.165, 1.54) is 23.1 Å². The largest absolute Gasteiger partial charge is 0.573 e. The highest BCUT2D eigenvalue weighted by Gasteiger charge is 2.43. The van der Waals surface area contributed by atoms with Gasteiger partial charge in [0.1, 0.15) is 0 Å². The molecule has 0 unspecified atom stereocenters. The Hall–Kier alpha value is -3.92. The van der Waals surface area contributed by atoms with Gasteiger partial charge in [-0.2, -0.15) is 13.2 Å². The van der Waals surface area contributed by atoms with E-state index in [0.29, 0.717) is 16.9 Å². The van der Waals surface area contributed by atoms with Crippen molar-refractivity contribution < 1.29 is 36.2 Å². The smallest absolute Gasteiger partial charge is 0.404 e. The Labute approximate surface area is 214 Å². The number of rotatable bonds is 5. The molecule has 5 rings (SSSR count). The molecule has 1 N–H and O–H groups in total. The van der Waals surface area contributed by atoms with Crippen molar-refractivity contribution in [3.63, 3.8) is 0 Å². The van der Waals surface area contributed by atoms with E-state index in [1.807, 2.05) is 30.3 Å². The molecule has 0 saturated heterocycles. The molecule has 1 heterocycles. The first-order valence-corrected chi connectivity index (χ1v) is 11.7. The number of hydrogen-bond acceptors (Lipinski definition) is 4. The van der Waals surface area contributed by atoms with Gasteiger partial charge in [-0.05, 0) is 40.6 Å². The first-order valence-electron chi connectivity index (χ1n) is 11.7. The molecule has 0 aromatic heterocycles. The van der Waals surface area contributed by atoms with E-state index in [9.17, 15) is 31.4 Å². The summed E-state index contributed by atoms with van der Waals surface area (Å²) in [6, 6.07) is 24.2. The first-order chi connectivity index (χ1) is 18.0. The Morgan fingerprint density at radius 2 is 1.37 bits per heavy atom. The molecule has 2 atom stereocenters. The maximum atomic E-state index is 13.5. The summed E-state index contributed by atoms with van der Waals surface area (Å²) in [6.45, 7) is -0.767. The molecule has 198 valence electrons. The topological polar surface area (TPSA) is 35.9 Å². The number of benzene rings is 4. The Morgan fingerprint density at radius 3 is 2.08 bits per heavy atom. The third-order valence-electron chi connectivity index (χ3n) is 6.53. The summed E-state index contributed by atoms with van der Waals surface area (Å²) in [6.07, 6.45) is -12.4. The van der Waals surface area contributed by atoms with Crippen molar-refractivity contribution in [3.8, 4) is 5.75 Å². The van der Waals surface area contributed by atoms with Crippen LogP contribution in [-0.4, -0.2) is 36.8 Å². The number of alkyl halides is 6. The number of aliphatic hydroxyl groups is 1. The molecule has 0 spiro atoms. The van der Waals surface area contributed by atoms with E-state index in [1.54, 1.807) is 47.4 Å². The van der Waals surface area contributed by atoms with Crippen molar-refractivity contribution in [1.82, 2.24) is 0 Å². The maximum Gasteiger partial charge on any atom is 0.573 e. The van der Waals surface area contributed by atoms with Gasteiger partial charge in [0.25, 0.3) is 0 Å². The average molecular weight is 532 g/mol. The van der Waals surface area contributed by atoms with Crippen LogP contribution in [-0.2, 0) is 0 Å². The van der Waals surface area contributed by atoms with Crippen molar-refractivity contribution in [3.05, 3.63) is 96.6 Å². The predicted octanol–water partition coefficient (Wildman–Crippen LogP) is 7.36. The van der Waals surface area contributed by atoms with Gasteiger partial charge in [0, 0.05) is 6.54 Å². The standard InChI is InChI=1S/C28H22F6N2O2/c29-27(30,31)26(37)17-36-22-13-4-3-12-21(22)35(23-14-5-6-15-25(23)38-28(32,33)34)16-24(36)20-11-7-9-18-8-1-2-10-19(18)20/h1-15,24,26,37H,16-17H2/t24-,26+/m0/s1. The SMILES string of the molecule is O[C@H](CN1c2ccccc2N(c2ccccc2OC(F)(F)F)C[C@H]1c1cccc2ccccc12)C(F)(F)F. The molecule has 0 amide bonds. The molecule has 10 heteroatoms. The third-order valence-corrected chi connectivity index (χ3v) is 6.53. The maximum absolute atomic E-state index is 13.5. The zero-order chi connectivity index (χ0) is 27.1. The summed E-state index contributed by atoms with van der Waals surface area (Å²) in [5, 5.41) is 11.7. The Morgan fingerprint density at radius 1 is 0.763 bits per heavy atom. The van der Waals surface area contributed by atoms with Crippen LogP contribution in [0.3, 0.4) is 0 Å². The second-order valence-corrected chi connectivity index (χ2v) is 8.91. The summed E-state index contributed by atoms with van der Waals surface area (Å²) in [5.41, 5.74) is 1.50. The van der Waals surface area contributed by atoms with Crippen molar-refractivity contribution in [1.29, 1.82) is 0 Å². The molecular weight excluding hydrogens is 510 g/mol. The van der Waals surface area contributed by atoms with Gasteiger partial charge >= 0.3 is 12.5 Å². The van der Waals surface area contributed by atoms with Crippen molar-refractivity contribution >= 4 is 27.8 Å². The number of nitrogens with zero attached hydrogens (tertiary/aromatic N) is 2. The number of anilines is 3. The molecule has 4 aromatic rings. The Balaban J connectivity index is 1.70. The molecule has 4 nitrogen and oxygen atoms in total. The summed E-state index contributed by atoms with van der Waals surface area (Å²) in [4.78, 5) is 3.08. The molecule has 4 aromatic carbocycles. The first kappa shape index (κ1) is 25.7. The van der Waals surface area contributed by atoms with Gasteiger partial charge in [-0.15, -0.1) is 13.2 Å². The molecule has 1 aliphatic heterocycles. The second-order valence-electron chi connectivity index (χ2n) is 8.91. The molecule has 0 aliphatic carbocycles. The van der Waals surface area contributed by atoms with Gasteiger partial charge in [0.15, 0.2) is 11.9 Å². The van der Waals surface area contributed by atoms with Crippen LogP contribution >= 0.6 is 0 Å². The lowest BCUT2D eigenvalue weighted by molar-refractivity contribution is -0.274. The number of hydrogen-bond donors (Lipinski definition) is 1. The molecular formula is C28H22F6N2O2. The summed E-state index contributed by atoms with van der Waals surface area (Å²) < 4.78 is 84.5. The molecule has 0 radical (unpaired) electrons. The normalized spacial score (nSPS) is 16.9. The van der Waals surface area contributed by atoms with Gasteiger partial charge in [-0.3, -0.25) is 0 Å². The van der Waals surface area contributed by atoms with E-state index in [-0.39, 0.29) is 12.2 Å². The van der Waals surface area contributed by atoms with Crippen LogP contribution in [0.2, 0.25) is 0 Å². The van der Waals surface area contributed by atoms with Gasteiger partial charge in [-0.25, -0.2) is 0 Å². The van der Waals surface area contributed by atoms with Crippen molar-refractivity contribution in [2.24, 2.45) is 0 Å². The molecule has 0 saturated carbocycles. The summed E-state index contributed by atoms with van der Waals surface area (Å²) in [5.74, 6) is -0.435. The van der Waals surface area contributed by atoms with Crippen molar-refractivity contribution in [2.75, 3.05) is 22.9 Å². The van der Waals surface area contributed by atoms with Crippen molar-refractivity contribution in [2.45, 2.75) is 24.7 Å². The highest BCUT2D eigenvalue weighted by atomic mass is 19.4. The highest BCUT2D eigenvalue weighted by molar-refractivity contribution is 5.88.